The molecule has 0 aliphatic carbocycles. The molecule has 0 atom stereocenters. The molecule has 6 heteroatoms. The van der Waals surface area contributed by atoms with E-state index in [1.165, 1.54) is 0 Å². The average Bonchev–Trinajstić information content (AvgIpc) is 2.66. The van der Waals surface area contributed by atoms with Gasteiger partial charge in [0.05, 0.1) is 6.61 Å². The minimum Gasteiger partial charge on any atom is -0.493 e. The van der Waals surface area contributed by atoms with Crippen molar-refractivity contribution in [3.63, 3.8) is 0 Å². The molecule has 0 aliphatic rings. The number of hydrogen-bond donors (Lipinski definition) is 1. The highest BCUT2D eigenvalue weighted by Gasteiger charge is 2.12. The fraction of sp³-hybridized carbons (Fsp3) is 0.174. The Labute approximate surface area is 180 Å². The van der Waals surface area contributed by atoms with Crippen LogP contribution in [0.5, 0.6) is 11.5 Å². The second-order valence-electron chi connectivity index (χ2n) is 6.47. The molecular formula is C23H21Cl2NO3. The molecule has 3 rings (SSSR count). The summed E-state index contributed by atoms with van der Waals surface area (Å²) in [6.07, 6.45) is 0. The standard InChI is InChI=1S/C23H21Cl2NO3/c1-3-28-22-8-7-16(23(27)26-20-12-18(24)11-19(25)13-20)10-17(22)14-29-21-6-4-5-15(2)9-21/h4-13H,3,14H2,1-2H3,(H,26,27). The molecule has 0 unspecified atom stereocenters. The molecule has 0 radical (unpaired) electrons. The molecule has 0 bridgehead atoms. The highest BCUT2D eigenvalue weighted by atomic mass is 35.5. The van der Waals surface area contributed by atoms with Crippen LogP contribution in [0.25, 0.3) is 0 Å². The SMILES string of the molecule is CCOc1ccc(C(=O)Nc2cc(Cl)cc(Cl)c2)cc1COc1cccc(C)c1. The zero-order chi connectivity index (χ0) is 20.8. The van der Waals surface area contributed by atoms with Gasteiger partial charge in [-0.05, 0) is 67.9 Å². The normalized spacial score (nSPS) is 10.5. The van der Waals surface area contributed by atoms with Gasteiger partial charge in [0.25, 0.3) is 5.91 Å². The Hall–Kier alpha value is -2.69. The fourth-order valence-corrected chi connectivity index (χ4v) is 3.35. The third kappa shape index (κ3) is 5.89. The van der Waals surface area contributed by atoms with Crippen LogP contribution in [-0.4, -0.2) is 12.5 Å². The first-order valence-corrected chi connectivity index (χ1v) is 9.93. The van der Waals surface area contributed by atoms with Gasteiger partial charge in [-0.15, -0.1) is 0 Å². The summed E-state index contributed by atoms with van der Waals surface area (Å²) in [7, 11) is 0. The number of nitrogens with one attached hydrogen (secondary N) is 1. The van der Waals surface area contributed by atoms with Gasteiger partial charge in [0.2, 0.25) is 0 Å². The Bertz CT molecular complexity index is 1000. The lowest BCUT2D eigenvalue weighted by atomic mass is 10.1. The molecule has 0 saturated carbocycles. The molecular weight excluding hydrogens is 409 g/mol. The van der Waals surface area contributed by atoms with E-state index >= 15 is 0 Å². The van der Waals surface area contributed by atoms with Crippen LogP contribution in [0.1, 0.15) is 28.4 Å². The Morgan fingerprint density at radius 3 is 2.41 bits per heavy atom. The molecule has 1 amide bonds. The molecule has 0 saturated heterocycles. The van der Waals surface area contributed by atoms with Crippen LogP contribution in [0.4, 0.5) is 5.69 Å². The van der Waals surface area contributed by atoms with Crippen molar-refractivity contribution >= 4 is 34.8 Å². The number of ether oxygens (including phenoxy) is 2. The van der Waals surface area contributed by atoms with E-state index in [1.807, 2.05) is 38.1 Å². The molecule has 4 nitrogen and oxygen atoms in total. The quantitative estimate of drug-likeness (QED) is 0.464. The van der Waals surface area contributed by atoms with Crippen molar-refractivity contribution in [2.24, 2.45) is 0 Å². The predicted molar refractivity (Wildman–Crippen MR) is 118 cm³/mol. The second kappa shape index (κ2) is 9.68. The number of benzene rings is 3. The summed E-state index contributed by atoms with van der Waals surface area (Å²) in [6.45, 7) is 4.72. The van der Waals surface area contributed by atoms with E-state index in [0.717, 1.165) is 16.9 Å². The highest BCUT2D eigenvalue weighted by molar-refractivity contribution is 6.35. The van der Waals surface area contributed by atoms with E-state index in [9.17, 15) is 4.79 Å². The summed E-state index contributed by atoms with van der Waals surface area (Å²) in [6, 6.07) is 17.9. The lowest BCUT2D eigenvalue weighted by Gasteiger charge is -2.14. The smallest absolute Gasteiger partial charge is 0.255 e. The van der Waals surface area contributed by atoms with Gasteiger partial charge in [0.1, 0.15) is 18.1 Å². The summed E-state index contributed by atoms with van der Waals surface area (Å²) in [5.41, 5.74) is 2.90. The number of hydrogen-bond acceptors (Lipinski definition) is 3. The first-order valence-electron chi connectivity index (χ1n) is 9.17. The van der Waals surface area contributed by atoms with Crippen molar-refractivity contribution in [3.8, 4) is 11.5 Å². The third-order valence-corrected chi connectivity index (χ3v) is 4.56. The topological polar surface area (TPSA) is 47.6 Å². The van der Waals surface area contributed by atoms with E-state index in [4.69, 9.17) is 32.7 Å². The van der Waals surface area contributed by atoms with Crippen LogP contribution in [-0.2, 0) is 6.61 Å². The van der Waals surface area contributed by atoms with Crippen molar-refractivity contribution in [3.05, 3.63) is 87.4 Å². The summed E-state index contributed by atoms with van der Waals surface area (Å²) in [4.78, 5) is 12.7. The number of halogens is 2. The minimum absolute atomic E-state index is 0.275. The van der Waals surface area contributed by atoms with Gasteiger partial charge in [-0.25, -0.2) is 0 Å². The van der Waals surface area contributed by atoms with Gasteiger partial charge in [0.15, 0.2) is 0 Å². The van der Waals surface area contributed by atoms with Crippen LogP contribution >= 0.6 is 23.2 Å². The van der Waals surface area contributed by atoms with E-state index < -0.39 is 0 Å². The maximum Gasteiger partial charge on any atom is 0.255 e. The average molecular weight is 430 g/mol. The first kappa shape index (κ1) is 21.0. The molecule has 0 aromatic heterocycles. The molecule has 0 spiro atoms. The fourth-order valence-electron chi connectivity index (χ4n) is 2.83. The summed E-state index contributed by atoms with van der Waals surface area (Å²) in [5, 5.41) is 3.71. The third-order valence-electron chi connectivity index (χ3n) is 4.13. The highest BCUT2D eigenvalue weighted by Crippen LogP contribution is 2.25. The van der Waals surface area contributed by atoms with Crippen LogP contribution in [0, 0.1) is 6.92 Å². The van der Waals surface area contributed by atoms with Crippen LogP contribution in [0.3, 0.4) is 0 Å². The Morgan fingerprint density at radius 1 is 0.966 bits per heavy atom. The molecule has 29 heavy (non-hydrogen) atoms. The zero-order valence-electron chi connectivity index (χ0n) is 16.2. The summed E-state index contributed by atoms with van der Waals surface area (Å²) >= 11 is 12.0. The van der Waals surface area contributed by atoms with E-state index in [1.54, 1.807) is 36.4 Å². The largest absolute Gasteiger partial charge is 0.493 e. The van der Waals surface area contributed by atoms with Gasteiger partial charge in [0, 0.05) is 26.9 Å². The Kier molecular flexibility index (Phi) is 7.02. The molecule has 1 N–H and O–H groups in total. The van der Waals surface area contributed by atoms with Crippen LogP contribution in [0.2, 0.25) is 10.0 Å². The van der Waals surface area contributed by atoms with Crippen molar-refractivity contribution in [1.29, 1.82) is 0 Å². The molecule has 150 valence electrons. The van der Waals surface area contributed by atoms with Gasteiger partial charge in [-0.2, -0.15) is 0 Å². The van der Waals surface area contributed by atoms with Gasteiger partial charge in [-0.1, -0.05) is 35.3 Å². The maximum atomic E-state index is 12.7. The summed E-state index contributed by atoms with van der Waals surface area (Å²) < 4.78 is 11.6. The van der Waals surface area contributed by atoms with Crippen molar-refractivity contribution in [2.75, 3.05) is 11.9 Å². The predicted octanol–water partition coefficient (Wildman–Crippen LogP) is 6.53. The van der Waals surface area contributed by atoms with Crippen molar-refractivity contribution in [2.45, 2.75) is 20.5 Å². The number of aryl methyl sites for hydroxylation is 1. The van der Waals surface area contributed by atoms with Crippen LogP contribution < -0.4 is 14.8 Å². The van der Waals surface area contributed by atoms with Gasteiger partial charge >= 0.3 is 0 Å². The monoisotopic (exact) mass is 429 g/mol. The first-order chi connectivity index (χ1) is 13.9. The van der Waals surface area contributed by atoms with Crippen molar-refractivity contribution in [1.82, 2.24) is 0 Å². The molecule has 0 heterocycles. The van der Waals surface area contributed by atoms with Crippen molar-refractivity contribution < 1.29 is 14.3 Å². The molecule has 3 aromatic carbocycles. The minimum atomic E-state index is -0.275. The second-order valence-corrected chi connectivity index (χ2v) is 7.35. The molecule has 0 fully saturated rings. The molecule has 3 aromatic rings. The van der Waals surface area contributed by atoms with Crippen LogP contribution in [0.15, 0.2) is 60.7 Å². The van der Waals surface area contributed by atoms with Gasteiger partial charge < -0.3 is 14.8 Å². The number of anilines is 1. The number of carbonyl (C=O) groups excluding carboxylic acids is 1. The van der Waals surface area contributed by atoms with E-state index in [0.29, 0.717) is 33.7 Å². The number of carbonyl (C=O) groups is 1. The van der Waals surface area contributed by atoms with E-state index in [2.05, 4.69) is 5.32 Å². The maximum absolute atomic E-state index is 12.7. The summed E-state index contributed by atoms with van der Waals surface area (Å²) in [5.74, 6) is 1.17. The van der Waals surface area contributed by atoms with E-state index in [-0.39, 0.29) is 12.5 Å². The lowest BCUT2D eigenvalue weighted by molar-refractivity contribution is 0.102. The molecule has 0 aliphatic heterocycles. The zero-order valence-corrected chi connectivity index (χ0v) is 17.7. The number of amides is 1. The van der Waals surface area contributed by atoms with Gasteiger partial charge in [-0.3, -0.25) is 4.79 Å². The number of rotatable bonds is 7. The Balaban J connectivity index is 1.80. The lowest BCUT2D eigenvalue weighted by Crippen LogP contribution is -2.13. The Morgan fingerprint density at radius 2 is 1.72 bits per heavy atom.